The molecule has 0 radical (unpaired) electrons. The van der Waals surface area contributed by atoms with Crippen LogP contribution < -0.4 is 4.74 Å². The van der Waals surface area contributed by atoms with Crippen LogP contribution in [0.3, 0.4) is 0 Å². The van der Waals surface area contributed by atoms with E-state index in [2.05, 4.69) is 132 Å². The van der Waals surface area contributed by atoms with Crippen molar-refractivity contribution in [1.29, 1.82) is 0 Å². The summed E-state index contributed by atoms with van der Waals surface area (Å²) in [6, 6.07) is 37.1. The average molecular weight is 854 g/mol. The summed E-state index contributed by atoms with van der Waals surface area (Å²) in [6.07, 6.45) is 8.00. The van der Waals surface area contributed by atoms with Gasteiger partial charge >= 0.3 is 21.1 Å². The molecule has 0 saturated heterocycles. The van der Waals surface area contributed by atoms with Gasteiger partial charge in [-0.1, -0.05) is 102 Å². The molecule has 0 amide bonds. The maximum absolute atomic E-state index is 6.57. The van der Waals surface area contributed by atoms with Crippen LogP contribution in [0.2, 0.25) is 0 Å². The number of benzene rings is 4. The third kappa shape index (κ3) is 7.46. The number of aryl methyl sites for hydroxylation is 3. The molecule has 3 heterocycles. The Hall–Kier alpha value is -4.47. The monoisotopic (exact) mass is 853 g/mol. The summed E-state index contributed by atoms with van der Waals surface area (Å²) in [7, 11) is 0. The number of hydrogen-bond donors (Lipinski definition) is 0. The van der Waals surface area contributed by atoms with Crippen molar-refractivity contribution in [2.24, 2.45) is 0 Å². The van der Waals surface area contributed by atoms with Gasteiger partial charge in [0.15, 0.2) is 0 Å². The molecule has 7 aromatic rings. The Balaban J connectivity index is 0.00000448. The first-order chi connectivity index (χ1) is 24.1. The van der Waals surface area contributed by atoms with E-state index in [1.807, 2.05) is 29.1 Å². The zero-order chi connectivity index (χ0) is 35.0. The van der Waals surface area contributed by atoms with Crippen LogP contribution >= 0.6 is 0 Å². The Morgan fingerprint density at radius 3 is 2.35 bits per heavy atom. The van der Waals surface area contributed by atoms with Crippen molar-refractivity contribution in [2.45, 2.75) is 86.0 Å². The van der Waals surface area contributed by atoms with Gasteiger partial charge in [0.2, 0.25) is 0 Å². The molecule has 51 heavy (non-hydrogen) atoms. The molecule has 7 rings (SSSR count). The molecule has 6 heteroatoms. The Bertz CT molecular complexity index is 2310. The Labute approximate surface area is 317 Å². The first kappa shape index (κ1) is 36.3. The molecule has 0 aliphatic heterocycles. The number of pyridine rings is 1. The predicted octanol–water partition coefficient (Wildman–Crippen LogP) is 11.8. The van der Waals surface area contributed by atoms with Gasteiger partial charge in [-0.05, 0) is 78.1 Å². The molecule has 0 fully saturated rings. The van der Waals surface area contributed by atoms with E-state index in [0.29, 0.717) is 11.5 Å². The van der Waals surface area contributed by atoms with E-state index >= 15 is 0 Å². The summed E-state index contributed by atoms with van der Waals surface area (Å²) >= 11 is 0. The molecule has 0 aliphatic rings. The number of rotatable bonds is 10. The summed E-state index contributed by atoms with van der Waals surface area (Å²) < 4.78 is 10.8. The second-order valence-electron chi connectivity index (χ2n) is 14.6. The van der Waals surface area contributed by atoms with E-state index in [1.54, 1.807) is 0 Å². The second-order valence-corrected chi connectivity index (χ2v) is 14.6. The van der Waals surface area contributed by atoms with Gasteiger partial charge in [0, 0.05) is 34.5 Å². The van der Waals surface area contributed by atoms with Gasteiger partial charge in [0.1, 0.15) is 5.82 Å². The molecule has 0 bridgehead atoms. The Morgan fingerprint density at radius 2 is 1.59 bits per heavy atom. The summed E-state index contributed by atoms with van der Waals surface area (Å²) in [4.78, 5) is 4.88. The van der Waals surface area contributed by atoms with E-state index in [0.717, 1.165) is 62.4 Å². The van der Waals surface area contributed by atoms with Crippen molar-refractivity contribution >= 4 is 21.8 Å². The van der Waals surface area contributed by atoms with Crippen molar-refractivity contribution in [2.75, 3.05) is 0 Å². The summed E-state index contributed by atoms with van der Waals surface area (Å²) in [5, 5.41) is 7.27. The molecule has 0 spiro atoms. The quantitative estimate of drug-likeness (QED) is 0.102. The van der Waals surface area contributed by atoms with Crippen LogP contribution in [0.1, 0.15) is 81.5 Å². The number of aromatic nitrogens is 4. The standard InChI is InChI=1S/C45H46N4O.Pt/c1-8-9-10-12-15-33-18-21-41-40(26-33)39-20-19-37(29-42(39)48(41)43-27-35(22-23-46-43)45(5,6)7)50-38-25-30(2)24-36(28-38)49-32(4)44(31(3)47-49)34-16-13-11-14-17-34;/h11,13-14,16-27H,8-10,12,15H2,1-7H3;/q-2;+2. The van der Waals surface area contributed by atoms with Crippen LogP contribution in [0.5, 0.6) is 11.5 Å². The van der Waals surface area contributed by atoms with Crippen molar-refractivity contribution in [3.8, 4) is 34.1 Å². The third-order valence-electron chi connectivity index (χ3n) is 9.65. The molecule has 0 unspecified atom stereocenters. The van der Waals surface area contributed by atoms with Gasteiger partial charge in [-0.3, -0.25) is 4.68 Å². The molecule has 3 aromatic heterocycles. The zero-order valence-electron chi connectivity index (χ0n) is 30.7. The fraction of sp³-hybridized carbons (Fsp3) is 0.289. The van der Waals surface area contributed by atoms with Gasteiger partial charge in [-0.2, -0.15) is 16.7 Å². The fourth-order valence-corrected chi connectivity index (χ4v) is 7.04. The third-order valence-corrected chi connectivity index (χ3v) is 9.65. The van der Waals surface area contributed by atoms with E-state index in [9.17, 15) is 0 Å². The van der Waals surface area contributed by atoms with Gasteiger partial charge in [-0.25, -0.2) is 4.98 Å². The van der Waals surface area contributed by atoms with Crippen molar-refractivity contribution in [3.05, 3.63) is 131 Å². The second kappa shape index (κ2) is 15.0. The van der Waals surface area contributed by atoms with Gasteiger partial charge < -0.3 is 9.30 Å². The minimum atomic E-state index is -0.00780. The number of hydrogen-bond acceptors (Lipinski definition) is 3. The molecule has 5 nitrogen and oxygen atoms in total. The molecular weight excluding hydrogens is 808 g/mol. The van der Waals surface area contributed by atoms with Gasteiger partial charge in [0.05, 0.1) is 5.69 Å². The van der Waals surface area contributed by atoms with Crippen LogP contribution in [0.4, 0.5) is 0 Å². The minimum absolute atomic E-state index is 0. The maximum atomic E-state index is 6.57. The van der Waals surface area contributed by atoms with E-state index in [1.165, 1.54) is 42.2 Å². The van der Waals surface area contributed by atoms with Crippen molar-refractivity contribution in [3.63, 3.8) is 0 Å². The maximum Gasteiger partial charge on any atom is 2.00 e. The largest absolute Gasteiger partial charge is 2.00 e. The van der Waals surface area contributed by atoms with Crippen LogP contribution in [-0.2, 0) is 32.9 Å². The molecule has 0 saturated carbocycles. The predicted molar refractivity (Wildman–Crippen MR) is 206 cm³/mol. The molecule has 4 aromatic carbocycles. The van der Waals surface area contributed by atoms with Crippen molar-refractivity contribution < 1.29 is 25.8 Å². The normalized spacial score (nSPS) is 11.7. The van der Waals surface area contributed by atoms with Crippen LogP contribution in [0, 0.1) is 32.9 Å². The molecule has 0 aliphatic carbocycles. The van der Waals surface area contributed by atoms with Crippen LogP contribution in [-0.4, -0.2) is 19.3 Å². The van der Waals surface area contributed by atoms with Crippen molar-refractivity contribution in [1.82, 2.24) is 19.3 Å². The summed E-state index contributed by atoms with van der Waals surface area (Å²) in [6.45, 7) is 15.2. The molecule has 262 valence electrons. The smallest absolute Gasteiger partial charge is 0.509 e. The molecule has 0 atom stereocenters. The first-order valence-corrected chi connectivity index (χ1v) is 17.9. The van der Waals surface area contributed by atoms with Crippen LogP contribution in [0.15, 0.2) is 91.1 Å². The number of fused-ring (bicyclic) bond motifs is 3. The fourth-order valence-electron chi connectivity index (χ4n) is 7.04. The SMILES string of the molecule is CCCCCCc1ccc2c(c1)c1ccc(Oc3[c-]c(-n4nc(C)c(-c5ccccc5)c4C)cc(C)c3)[c-]c1n2-c1cc(C(C)(C)C)ccn1.[Pt+2]. The van der Waals surface area contributed by atoms with Gasteiger partial charge in [0.25, 0.3) is 0 Å². The number of ether oxygens (including phenoxy) is 1. The Kier molecular flexibility index (Phi) is 10.7. The Morgan fingerprint density at radius 1 is 0.784 bits per heavy atom. The number of nitrogens with zero attached hydrogens (tertiary/aromatic N) is 4. The average Bonchev–Trinajstić information content (AvgIpc) is 3.58. The zero-order valence-corrected chi connectivity index (χ0v) is 33.0. The summed E-state index contributed by atoms with van der Waals surface area (Å²) in [5.74, 6) is 2.12. The van der Waals surface area contributed by atoms with E-state index in [-0.39, 0.29) is 26.5 Å². The van der Waals surface area contributed by atoms with Gasteiger partial charge in [-0.15, -0.1) is 35.7 Å². The van der Waals surface area contributed by atoms with E-state index in [4.69, 9.17) is 14.8 Å². The van der Waals surface area contributed by atoms with E-state index < -0.39 is 0 Å². The molecular formula is C45H46N4OPt. The van der Waals surface area contributed by atoms with Crippen LogP contribution in [0.25, 0.3) is 44.4 Å². The first-order valence-electron chi connectivity index (χ1n) is 17.9. The topological polar surface area (TPSA) is 44.9 Å². The molecule has 0 N–H and O–H groups in total. The number of unbranched alkanes of at least 4 members (excludes halogenated alkanes) is 3. The minimum Gasteiger partial charge on any atom is -0.509 e. The summed E-state index contributed by atoms with van der Waals surface area (Å²) in [5.41, 5.74) is 10.9.